The maximum absolute atomic E-state index is 11.8. The van der Waals surface area contributed by atoms with Crippen LogP contribution >= 0.6 is 0 Å². The van der Waals surface area contributed by atoms with Crippen molar-refractivity contribution in [1.82, 2.24) is 60.0 Å². The zero-order valence-electron chi connectivity index (χ0n) is 75.9. The summed E-state index contributed by atoms with van der Waals surface area (Å²) < 4.78 is 196. The van der Waals surface area contributed by atoms with Crippen LogP contribution in [0.5, 0.6) is 0 Å². The summed E-state index contributed by atoms with van der Waals surface area (Å²) in [4.78, 5) is 0. The molecule has 16 heterocycles. The number of ether oxygens (including phenoxy) is 32. The van der Waals surface area contributed by atoms with Crippen LogP contribution in [0.1, 0.15) is 22.8 Å². The molecule has 48 nitrogen and oxygen atoms in total. The first kappa shape index (κ1) is 101. The minimum Gasteiger partial charge on any atom is -0.389 e. The van der Waals surface area contributed by atoms with E-state index in [1.165, 1.54) is 18.7 Å². The van der Waals surface area contributed by atoms with Crippen LogP contribution in [0.3, 0.4) is 0 Å². The fourth-order valence-electron chi connectivity index (χ4n) is 14.3. The second-order valence-corrected chi connectivity index (χ2v) is 37.5. The highest BCUT2D eigenvalue weighted by molar-refractivity contribution is 4.96. The van der Waals surface area contributed by atoms with Crippen molar-refractivity contribution in [2.24, 2.45) is 27.1 Å². The van der Waals surface area contributed by atoms with Gasteiger partial charge >= 0.3 is 0 Å². The summed E-state index contributed by atoms with van der Waals surface area (Å²) in [6.45, 7) is 15.5. The van der Waals surface area contributed by atoms with Crippen molar-refractivity contribution in [2.45, 2.75) is 150 Å². The molecule has 12 aliphatic rings. The molecule has 0 radical (unpaired) electrons. The number of rotatable bonds is 88. The minimum absolute atomic E-state index is 0.0403. The topological polar surface area (TPSA) is 539 Å². The third kappa shape index (κ3) is 40.0. The lowest BCUT2D eigenvalue weighted by Crippen LogP contribution is -2.44. The second kappa shape index (κ2) is 52.0. The van der Waals surface area contributed by atoms with Crippen molar-refractivity contribution in [3.8, 4) is 0 Å². The van der Waals surface area contributed by atoms with Gasteiger partial charge in [0.2, 0.25) is 0 Å². The molecule has 0 amide bonds. The van der Waals surface area contributed by atoms with Gasteiger partial charge in [-0.25, -0.2) is 18.7 Å². The summed E-state index contributed by atoms with van der Waals surface area (Å²) in [6.07, 6.45) is 2.70. The molecule has 16 unspecified atom stereocenters. The Morgan fingerprint density at radius 2 is 0.346 bits per heavy atom. The smallest absolute Gasteiger partial charge is 0.108 e. The Labute approximate surface area is 771 Å². The predicted molar refractivity (Wildman–Crippen MR) is 445 cm³/mol. The van der Waals surface area contributed by atoms with Crippen molar-refractivity contribution in [1.29, 1.82) is 0 Å². The number of epoxide rings is 12. The molecule has 12 saturated heterocycles. The highest BCUT2D eigenvalue weighted by Gasteiger charge is 2.44. The van der Waals surface area contributed by atoms with Gasteiger partial charge in [0.15, 0.2) is 0 Å². The number of nitrogens with zero attached hydrogens (tertiary/aromatic N) is 12. The van der Waals surface area contributed by atoms with Crippen molar-refractivity contribution < 1.29 is 172 Å². The molecule has 4 aromatic rings. The van der Waals surface area contributed by atoms with Crippen LogP contribution in [0.2, 0.25) is 0 Å². The molecule has 16 rings (SSSR count). The highest BCUT2D eigenvalue weighted by atomic mass is 16.7. The average Bonchev–Trinajstić information content (AvgIpc) is 1.74. The predicted octanol–water partition coefficient (Wildman–Crippen LogP) is -4.35. The van der Waals surface area contributed by atoms with Crippen LogP contribution in [0, 0.1) is 27.1 Å². The van der Waals surface area contributed by atoms with Gasteiger partial charge in [-0.3, -0.25) is 0 Å². The first-order valence-corrected chi connectivity index (χ1v) is 46.4. The van der Waals surface area contributed by atoms with Gasteiger partial charge in [0.25, 0.3) is 0 Å². The van der Waals surface area contributed by atoms with Gasteiger partial charge in [0.1, 0.15) is 96.0 Å². The van der Waals surface area contributed by atoms with Gasteiger partial charge in [0.05, 0.1) is 446 Å². The fraction of sp³-hybridized carbons (Fsp3) is 0.906. The Kier molecular flexibility index (Phi) is 39.5. The van der Waals surface area contributed by atoms with Gasteiger partial charge in [0, 0.05) is 0 Å². The molecule has 12 aliphatic heterocycles. The summed E-state index contributed by atoms with van der Waals surface area (Å²) in [5.41, 5.74) is -2.08. The summed E-state index contributed by atoms with van der Waals surface area (Å²) in [7, 11) is 0. The van der Waals surface area contributed by atoms with Gasteiger partial charge in [-0.05, 0) is 0 Å². The monoisotopic (exact) mass is 1900 g/mol. The van der Waals surface area contributed by atoms with Crippen LogP contribution in [0.25, 0.3) is 0 Å². The molecule has 752 valence electrons. The van der Waals surface area contributed by atoms with Crippen molar-refractivity contribution in [3.63, 3.8) is 0 Å². The molecule has 4 N–H and O–H groups in total. The largest absolute Gasteiger partial charge is 0.389 e. The maximum atomic E-state index is 11.8. The Balaban J connectivity index is 0.571. The van der Waals surface area contributed by atoms with E-state index >= 15 is 0 Å². The lowest BCUT2D eigenvalue weighted by molar-refractivity contribution is -0.133. The molecule has 12 fully saturated rings. The quantitative estimate of drug-likeness (QED) is 0.0304. The second-order valence-electron chi connectivity index (χ2n) is 37.5. The Hall–Kier alpha value is -4.88. The lowest BCUT2D eigenvalue weighted by Gasteiger charge is -2.34. The molecule has 4 aromatic heterocycles. The molecule has 0 saturated carbocycles. The normalized spacial score (nSPS) is 27.0. The molecule has 0 spiro atoms. The van der Waals surface area contributed by atoms with Gasteiger partial charge in [-0.1, -0.05) is 20.9 Å². The summed E-state index contributed by atoms with van der Waals surface area (Å²) in [5.74, 6) is 0. The standard InChI is InChI=1S/C85H136N12O36/c98-65(5-94-1-61(86-90-94)9-102-41-81(49-110-17-69-29-122-69,50-111-18-70-30-123-70)51-112-19-71-31-124-71)13-106-45-85(46-107-14-66(99)6-95-2-62(87-91-95)10-103-42-82(52-113-20-72-32-125-72,53-114-21-73-33-126-73)54-115-22-74-34-127-74,47-108-15-67(100)7-96-3-63(88-92-96)11-104-43-83(55-116-23-75-35-128-75,56-117-24-76-36-129-76)57-118-25-77-37-130-77)48-109-16-68(101)8-97-4-64(89-93-97)12-105-44-84(58-119-26-78-38-131-78,59-120-27-79-39-132-79)60-121-28-80-40-133-80/h1-4,65-80,98-101H,5-60H2. The van der Waals surface area contributed by atoms with Crippen LogP contribution in [0.4, 0.5) is 0 Å². The molecule has 48 heteroatoms. The number of hydrogen-bond acceptors (Lipinski definition) is 44. The molecular formula is C85H136N12O36. The Morgan fingerprint density at radius 3 is 0.481 bits per heavy atom. The molecular weight excluding hydrogens is 1760 g/mol. The number of hydrogen-bond donors (Lipinski definition) is 4. The SMILES string of the molecule is OC(COCC(COCC(O)Cn1cc(COCC(COCC2CO2)(COCC2CO2)COCC2CO2)nn1)(COCC(O)Cn1cc(COCC(COCC2CO2)(COCC2CO2)COCC2CO2)nn1)COCC(O)Cn1cc(COCC(COCC2CO2)(COCC2CO2)COCC2CO2)nn1)Cn1cc(COCC(COCC2CO2)(COCC2CO2)COCC2CO2)nn1. The third-order valence-corrected chi connectivity index (χ3v) is 22.8. The lowest BCUT2D eigenvalue weighted by atomic mass is 9.92. The summed E-state index contributed by atoms with van der Waals surface area (Å²) in [6, 6.07) is 0. The van der Waals surface area contributed by atoms with Crippen LogP contribution in [0.15, 0.2) is 24.8 Å². The minimum atomic E-state index is -1.29. The van der Waals surface area contributed by atoms with E-state index in [9.17, 15) is 20.4 Å². The molecule has 0 bridgehead atoms. The first-order valence-electron chi connectivity index (χ1n) is 46.4. The molecule has 0 aromatic carbocycles. The fourth-order valence-corrected chi connectivity index (χ4v) is 14.3. The number of aromatic nitrogens is 12. The summed E-state index contributed by atoms with van der Waals surface area (Å²) in [5, 5.41) is 82.0. The third-order valence-electron chi connectivity index (χ3n) is 22.8. The Bertz CT molecular complexity index is 3220. The Morgan fingerprint density at radius 1 is 0.218 bits per heavy atom. The zero-order chi connectivity index (χ0) is 91.1. The number of aliphatic hydroxyl groups excluding tert-OH is 4. The van der Waals surface area contributed by atoms with Crippen LogP contribution in [-0.2, 0) is 204 Å². The highest BCUT2D eigenvalue weighted by Crippen LogP contribution is 2.32. The number of aliphatic hydroxyl groups is 4. The van der Waals surface area contributed by atoms with Crippen molar-refractivity contribution in [2.75, 3.05) is 317 Å². The van der Waals surface area contributed by atoms with Crippen LogP contribution < -0.4 is 0 Å². The average molecular weight is 1900 g/mol. The van der Waals surface area contributed by atoms with E-state index in [1.54, 1.807) is 24.8 Å². The van der Waals surface area contributed by atoms with E-state index < -0.39 is 51.5 Å². The van der Waals surface area contributed by atoms with E-state index in [1.807, 2.05) is 0 Å². The molecule has 16 atom stereocenters. The summed E-state index contributed by atoms with van der Waals surface area (Å²) >= 11 is 0. The van der Waals surface area contributed by atoms with Gasteiger partial charge < -0.3 is 172 Å². The zero-order valence-corrected chi connectivity index (χ0v) is 75.9. The van der Waals surface area contributed by atoms with Gasteiger partial charge in [-0.15, -0.1) is 20.4 Å². The first-order chi connectivity index (χ1) is 65.1. The van der Waals surface area contributed by atoms with E-state index in [0.717, 1.165) is 0 Å². The van der Waals surface area contributed by atoms with Gasteiger partial charge in [-0.2, -0.15) is 0 Å². The van der Waals surface area contributed by atoms with Crippen molar-refractivity contribution in [3.05, 3.63) is 47.6 Å². The molecule has 133 heavy (non-hydrogen) atoms. The van der Waals surface area contributed by atoms with E-state index in [0.29, 0.717) is 181 Å². The van der Waals surface area contributed by atoms with E-state index in [4.69, 9.17) is 152 Å². The maximum Gasteiger partial charge on any atom is 0.108 e. The molecule has 0 aliphatic carbocycles. The van der Waals surface area contributed by atoms with E-state index in [-0.39, 0.29) is 284 Å². The van der Waals surface area contributed by atoms with E-state index in [2.05, 4.69) is 41.2 Å². The van der Waals surface area contributed by atoms with Crippen molar-refractivity contribution >= 4 is 0 Å². The van der Waals surface area contributed by atoms with Crippen LogP contribution in [-0.4, -0.2) is 495 Å².